The van der Waals surface area contributed by atoms with Crippen molar-refractivity contribution in [3.63, 3.8) is 0 Å². The van der Waals surface area contributed by atoms with Gasteiger partial charge in [0.2, 0.25) is 0 Å². The van der Waals surface area contributed by atoms with Crippen LogP contribution in [0.2, 0.25) is 5.02 Å². The van der Waals surface area contributed by atoms with Gasteiger partial charge in [-0.1, -0.05) is 30.7 Å². The van der Waals surface area contributed by atoms with Gasteiger partial charge in [0.05, 0.1) is 0 Å². The predicted octanol–water partition coefficient (Wildman–Crippen LogP) is 3.11. The fourth-order valence-electron chi connectivity index (χ4n) is 2.13. The summed E-state index contributed by atoms with van der Waals surface area (Å²) in [5, 5.41) is 0.943. The Kier molecular flexibility index (Phi) is 3.09. The summed E-state index contributed by atoms with van der Waals surface area (Å²) in [7, 11) is 0. The predicted molar refractivity (Wildman–Crippen MR) is 60.7 cm³/mol. The molecule has 0 radical (unpaired) electrons. The van der Waals surface area contributed by atoms with Gasteiger partial charge >= 0.3 is 0 Å². The summed E-state index contributed by atoms with van der Waals surface area (Å²) in [6, 6.07) is 6.25. The molecule has 1 aromatic rings. The molecule has 1 heterocycles. The molecule has 2 rings (SSSR count). The Labute approximate surface area is 90.7 Å². The van der Waals surface area contributed by atoms with Gasteiger partial charge in [0.1, 0.15) is 0 Å². The van der Waals surface area contributed by atoms with Crippen LogP contribution in [-0.4, -0.2) is 18.0 Å². The van der Waals surface area contributed by atoms with Crippen LogP contribution >= 0.6 is 11.6 Å². The molecule has 14 heavy (non-hydrogen) atoms. The number of halogens is 1. The molecule has 0 aliphatic carbocycles. The van der Waals surface area contributed by atoms with E-state index in [-0.39, 0.29) is 0 Å². The third kappa shape index (κ3) is 1.94. The summed E-state index contributed by atoms with van der Waals surface area (Å²) < 4.78 is 0. The van der Waals surface area contributed by atoms with E-state index < -0.39 is 0 Å². The number of nitrogens with zero attached hydrogens (tertiary/aromatic N) is 1. The highest BCUT2D eigenvalue weighted by molar-refractivity contribution is 6.31. The van der Waals surface area contributed by atoms with Crippen LogP contribution in [0.1, 0.15) is 24.5 Å². The first-order valence-corrected chi connectivity index (χ1v) is 5.67. The van der Waals surface area contributed by atoms with E-state index in [0.29, 0.717) is 0 Å². The molecule has 1 aliphatic rings. The molecule has 0 amide bonds. The lowest BCUT2D eigenvalue weighted by Crippen LogP contribution is -2.31. The van der Waals surface area contributed by atoms with Gasteiger partial charge in [-0.15, -0.1) is 0 Å². The van der Waals surface area contributed by atoms with Crippen LogP contribution in [0, 0.1) is 0 Å². The molecule has 0 N–H and O–H groups in total. The van der Waals surface area contributed by atoms with Gasteiger partial charge in [-0.25, -0.2) is 0 Å². The Hall–Kier alpha value is -0.530. The maximum Gasteiger partial charge on any atom is 0.0441 e. The molecule has 1 nitrogen and oxygen atoms in total. The van der Waals surface area contributed by atoms with Gasteiger partial charge < -0.3 is 0 Å². The first-order chi connectivity index (χ1) is 6.81. The Balaban J connectivity index is 2.18. The molecule has 1 aliphatic heterocycles. The van der Waals surface area contributed by atoms with E-state index in [0.717, 1.165) is 24.5 Å². The van der Waals surface area contributed by atoms with Crippen molar-refractivity contribution in [3.8, 4) is 0 Å². The first kappa shape index (κ1) is 10.0. The molecule has 0 spiro atoms. The normalized spacial score (nSPS) is 16.7. The number of rotatable bonds is 2. The average Bonchev–Trinajstić information content (AvgIpc) is 2.18. The molecule has 76 valence electrons. The molecule has 0 aromatic heterocycles. The van der Waals surface area contributed by atoms with E-state index in [4.69, 9.17) is 11.6 Å². The van der Waals surface area contributed by atoms with E-state index in [1.807, 2.05) is 6.07 Å². The number of hydrogen-bond donors (Lipinski definition) is 0. The molecular weight excluding hydrogens is 194 g/mol. The summed E-state index contributed by atoms with van der Waals surface area (Å²) in [6.07, 6.45) is 2.34. The second-order valence-corrected chi connectivity index (χ2v) is 4.31. The van der Waals surface area contributed by atoms with Crippen molar-refractivity contribution in [2.24, 2.45) is 0 Å². The molecule has 0 fully saturated rings. The Morgan fingerprint density at radius 2 is 2.29 bits per heavy atom. The Morgan fingerprint density at radius 3 is 3.07 bits per heavy atom. The fourth-order valence-corrected chi connectivity index (χ4v) is 2.42. The van der Waals surface area contributed by atoms with Crippen molar-refractivity contribution in [3.05, 3.63) is 34.3 Å². The first-order valence-electron chi connectivity index (χ1n) is 5.30. The lowest BCUT2D eigenvalue weighted by Gasteiger charge is -2.28. The largest absolute Gasteiger partial charge is 0.299 e. The molecule has 1 aromatic carbocycles. The van der Waals surface area contributed by atoms with Crippen LogP contribution in [0.3, 0.4) is 0 Å². The highest BCUT2D eigenvalue weighted by Gasteiger charge is 2.16. The molecule has 0 unspecified atom stereocenters. The minimum atomic E-state index is 0.943. The molecule has 0 saturated heterocycles. The molecular formula is C12H16ClN. The average molecular weight is 210 g/mol. The van der Waals surface area contributed by atoms with Gasteiger partial charge in [-0.2, -0.15) is 0 Å². The minimum absolute atomic E-state index is 0.943. The monoisotopic (exact) mass is 209 g/mol. The molecule has 2 heteroatoms. The maximum atomic E-state index is 6.15. The van der Waals surface area contributed by atoms with Crippen LogP contribution in [0.25, 0.3) is 0 Å². The summed E-state index contributed by atoms with van der Waals surface area (Å²) in [5.74, 6) is 0. The van der Waals surface area contributed by atoms with Crippen LogP contribution in [-0.2, 0) is 13.0 Å². The van der Waals surface area contributed by atoms with E-state index in [1.54, 1.807) is 0 Å². The Bertz CT molecular complexity index is 322. The van der Waals surface area contributed by atoms with Crippen molar-refractivity contribution < 1.29 is 0 Å². The lowest BCUT2D eigenvalue weighted by atomic mass is 10.00. The van der Waals surface area contributed by atoms with Crippen LogP contribution in [0.5, 0.6) is 0 Å². The second-order valence-electron chi connectivity index (χ2n) is 3.90. The van der Waals surface area contributed by atoms with Crippen molar-refractivity contribution in [2.75, 3.05) is 13.1 Å². The highest BCUT2D eigenvalue weighted by atomic mass is 35.5. The number of hydrogen-bond acceptors (Lipinski definition) is 1. The zero-order valence-electron chi connectivity index (χ0n) is 8.59. The summed E-state index contributed by atoms with van der Waals surface area (Å²) >= 11 is 6.15. The van der Waals surface area contributed by atoms with Crippen LogP contribution < -0.4 is 0 Å². The number of fused-ring (bicyclic) bond motifs is 1. The van der Waals surface area contributed by atoms with E-state index in [2.05, 4.69) is 24.0 Å². The van der Waals surface area contributed by atoms with Crippen LogP contribution in [0.15, 0.2) is 18.2 Å². The number of benzene rings is 1. The maximum absolute atomic E-state index is 6.15. The summed E-state index contributed by atoms with van der Waals surface area (Å²) in [4.78, 5) is 2.50. The highest BCUT2D eigenvalue weighted by Crippen LogP contribution is 2.25. The van der Waals surface area contributed by atoms with Gasteiger partial charge in [0.15, 0.2) is 0 Å². The quantitative estimate of drug-likeness (QED) is 0.724. The zero-order chi connectivity index (χ0) is 9.97. The molecule has 0 saturated carbocycles. The van der Waals surface area contributed by atoms with Gasteiger partial charge in [-0.3, -0.25) is 4.90 Å². The molecule has 0 atom stereocenters. The summed E-state index contributed by atoms with van der Waals surface area (Å²) in [6.45, 7) is 5.66. The van der Waals surface area contributed by atoms with Crippen molar-refractivity contribution in [1.29, 1.82) is 0 Å². The molecule has 0 bridgehead atoms. The fraction of sp³-hybridized carbons (Fsp3) is 0.500. The second kappa shape index (κ2) is 4.33. The topological polar surface area (TPSA) is 3.24 Å². The van der Waals surface area contributed by atoms with E-state index >= 15 is 0 Å². The van der Waals surface area contributed by atoms with Crippen molar-refractivity contribution in [2.45, 2.75) is 26.3 Å². The SMILES string of the molecule is CCCN1CCc2c(Cl)cccc2C1. The lowest BCUT2D eigenvalue weighted by molar-refractivity contribution is 0.255. The Morgan fingerprint density at radius 1 is 1.43 bits per heavy atom. The van der Waals surface area contributed by atoms with Gasteiger partial charge in [0.25, 0.3) is 0 Å². The van der Waals surface area contributed by atoms with Crippen molar-refractivity contribution in [1.82, 2.24) is 4.90 Å². The zero-order valence-corrected chi connectivity index (χ0v) is 9.35. The van der Waals surface area contributed by atoms with E-state index in [9.17, 15) is 0 Å². The standard InChI is InChI=1S/C12H16ClN/c1-2-7-14-8-6-11-10(9-14)4-3-5-12(11)13/h3-5H,2,6-9H2,1H3. The minimum Gasteiger partial charge on any atom is -0.299 e. The van der Waals surface area contributed by atoms with Crippen LogP contribution in [0.4, 0.5) is 0 Å². The smallest absolute Gasteiger partial charge is 0.0441 e. The summed E-state index contributed by atoms with van der Waals surface area (Å²) in [5.41, 5.74) is 2.78. The van der Waals surface area contributed by atoms with Crippen molar-refractivity contribution >= 4 is 11.6 Å². The third-order valence-electron chi connectivity index (χ3n) is 2.83. The van der Waals surface area contributed by atoms with E-state index in [1.165, 1.54) is 24.1 Å². The van der Waals surface area contributed by atoms with Gasteiger partial charge in [0, 0.05) is 18.1 Å². The van der Waals surface area contributed by atoms with Gasteiger partial charge in [-0.05, 0) is 36.6 Å². The third-order valence-corrected chi connectivity index (χ3v) is 3.18.